The molecule has 0 bridgehead atoms. The zero-order valence-corrected chi connectivity index (χ0v) is 13.1. The molecule has 1 aromatic heterocycles. The van der Waals surface area contributed by atoms with Crippen LogP contribution < -0.4 is 11.1 Å². The molecule has 0 radical (unpaired) electrons. The van der Waals surface area contributed by atoms with Gasteiger partial charge in [-0.1, -0.05) is 0 Å². The number of rotatable bonds is 4. The molecule has 3 rings (SSSR count). The fraction of sp³-hybridized carbons (Fsp3) is 0.750. The minimum Gasteiger partial charge on any atom is -0.368 e. The van der Waals surface area contributed by atoms with E-state index in [0.29, 0.717) is 6.04 Å². The van der Waals surface area contributed by atoms with Gasteiger partial charge in [0.25, 0.3) is 0 Å². The van der Waals surface area contributed by atoms with Crippen LogP contribution in [0.3, 0.4) is 0 Å². The van der Waals surface area contributed by atoms with Gasteiger partial charge in [-0.2, -0.15) is 0 Å². The molecule has 1 aromatic rings. The van der Waals surface area contributed by atoms with Gasteiger partial charge < -0.3 is 15.6 Å². The third kappa shape index (κ3) is 2.59. The minimum atomic E-state index is -0.551. The molecule has 0 spiro atoms. The van der Waals surface area contributed by atoms with E-state index in [-0.39, 0.29) is 11.9 Å². The van der Waals surface area contributed by atoms with Crippen LogP contribution in [0, 0.1) is 0 Å². The molecular formula is C16H26N4O. The van der Waals surface area contributed by atoms with Gasteiger partial charge in [0, 0.05) is 17.8 Å². The van der Waals surface area contributed by atoms with Crippen LogP contribution in [0.4, 0.5) is 0 Å². The molecule has 2 atom stereocenters. The lowest BCUT2D eigenvalue weighted by molar-refractivity contribution is -0.124. The van der Waals surface area contributed by atoms with Crippen molar-refractivity contribution in [2.24, 2.45) is 5.73 Å². The van der Waals surface area contributed by atoms with E-state index in [1.807, 2.05) is 6.33 Å². The van der Waals surface area contributed by atoms with E-state index in [1.165, 1.54) is 24.2 Å². The van der Waals surface area contributed by atoms with Crippen molar-refractivity contribution in [2.75, 3.05) is 0 Å². The van der Waals surface area contributed by atoms with Crippen LogP contribution in [-0.4, -0.2) is 27.0 Å². The summed E-state index contributed by atoms with van der Waals surface area (Å²) in [5.74, 6) is -0.215. The number of nitrogens with zero attached hydrogens (tertiary/aromatic N) is 2. The highest BCUT2D eigenvalue weighted by Gasteiger charge is 2.45. The number of fused-ring (bicyclic) bond motifs is 1. The van der Waals surface area contributed by atoms with Crippen molar-refractivity contribution in [1.29, 1.82) is 0 Å². The van der Waals surface area contributed by atoms with Crippen LogP contribution in [0.15, 0.2) is 6.33 Å². The average molecular weight is 290 g/mol. The van der Waals surface area contributed by atoms with E-state index in [0.717, 1.165) is 32.1 Å². The van der Waals surface area contributed by atoms with Gasteiger partial charge in [0.1, 0.15) is 0 Å². The zero-order valence-electron chi connectivity index (χ0n) is 13.1. The minimum absolute atomic E-state index is 0.215. The number of aromatic nitrogens is 2. The van der Waals surface area contributed by atoms with Gasteiger partial charge in [0.15, 0.2) is 0 Å². The van der Waals surface area contributed by atoms with E-state index >= 15 is 0 Å². The number of aryl methyl sites for hydroxylation is 1. The SMILES string of the molecule is CC(C)NC1(C(N)=O)CCC(n2cnc3c2CCCC3)C1. The smallest absolute Gasteiger partial charge is 0.237 e. The zero-order chi connectivity index (χ0) is 15.0. The number of primary amides is 1. The van der Waals surface area contributed by atoms with Crippen LogP contribution in [0.5, 0.6) is 0 Å². The topological polar surface area (TPSA) is 72.9 Å². The van der Waals surface area contributed by atoms with Crippen molar-refractivity contribution in [3.05, 3.63) is 17.7 Å². The lowest BCUT2D eigenvalue weighted by Gasteiger charge is -2.30. The number of nitrogens with one attached hydrogen (secondary N) is 1. The highest BCUT2D eigenvalue weighted by atomic mass is 16.1. The van der Waals surface area contributed by atoms with Gasteiger partial charge in [0.2, 0.25) is 5.91 Å². The Morgan fingerprint density at radius 2 is 2.24 bits per heavy atom. The Morgan fingerprint density at radius 1 is 1.48 bits per heavy atom. The fourth-order valence-corrected chi connectivity index (χ4v) is 4.04. The monoisotopic (exact) mass is 290 g/mol. The Hall–Kier alpha value is -1.36. The number of amides is 1. The Morgan fingerprint density at radius 3 is 2.95 bits per heavy atom. The number of hydrogen-bond donors (Lipinski definition) is 2. The summed E-state index contributed by atoms with van der Waals surface area (Å²) in [6, 6.07) is 0.603. The maximum Gasteiger partial charge on any atom is 0.237 e. The highest BCUT2D eigenvalue weighted by Crippen LogP contribution is 2.39. The Labute approximate surface area is 126 Å². The third-order valence-electron chi connectivity index (χ3n) is 4.98. The van der Waals surface area contributed by atoms with Gasteiger partial charge in [-0.15, -0.1) is 0 Å². The second-order valence-electron chi connectivity index (χ2n) is 6.89. The first-order valence-corrected chi connectivity index (χ1v) is 8.14. The van der Waals surface area contributed by atoms with Gasteiger partial charge in [-0.3, -0.25) is 4.79 Å². The Balaban J connectivity index is 1.83. The van der Waals surface area contributed by atoms with Crippen LogP contribution in [0.1, 0.15) is 63.4 Å². The quantitative estimate of drug-likeness (QED) is 0.886. The summed E-state index contributed by atoms with van der Waals surface area (Å²) in [6.07, 6.45) is 9.28. The van der Waals surface area contributed by atoms with Gasteiger partial charge >= 0.3 is 0 Å². The maximum atomic E-state index is 12.0. The number of carbonyl (C=O) groups excluding carboxylic acids is 1. The van der Waals surface area contributed by atoms with Crippen LogP contribution >= 0.6 is 0 Å². The van der Waals surface area contributed by atoms with E-state index in [4.69, 9.17) is 5.73 Å². The molecule has 21 heavy (non-hydrogen) atoms. The van der Waals surface area contributed by atoms with Gasteiger partial charge in [-0.05, 0) is 58.8 Å². The molecule has 1 heterocycles. The first-order valence-electron chi connectivity index (χ1n) is 8.14. The lowest BCUT2D eigenvalue weighted by atomic mass is 9.95. The molecule has 5 nitrogen and oxygen atoms in total. The summed E-state index contributed by atoms with van der Waals surface area (Å²) in [5.41, 5.74) is 7.80. The molecule has 2 aliphatic carbocycles. The molecule has 0 aromatic carbocycles. The van der Waals surface area contributed by atoms with Gasteiger partial charge in [0.05, 0.1) is 17.6 Å². The summed E-state index contributed by atoms with van der Waals surface area (Å²) in [4.78, 5) is 16.6. The van der Waals surface area contributed by atoms with Crippen molar-refractivity contribution in [3.8, 4) is 0 Å². The number of carbonyl (C=O) groups is 1. The largest absolute Gasteiger partial charge is 0.368 e. The normalized spacial score (nSPS) is 28.8. The van der Waals surface area contributed by atoms with Crippen molar-refractivity contribution >= 4 is 5.91 Å². The summed E-state index contributed by atoms with van der Waals surface area (Å²) >= 11 is 0. The van der Waals surface area contributed by atoms with Crippen LogP contribution in [-0.2, 0) is 17.6 Å². The highest BCUT2D eigenvalue weighted by molar-refractivity contribution is 5.85. The first-order chi connectivity index (χ1) is 10.0. The first kappa shape index (κ1) is 14.6. The summed E-state index contributed by atoms with van der Waals surface area (Å²) in [7, 11) is 0. The van der Waals surface area contributed by atoms with Crippen molar-refractivity contribution in [3.63, 3.8) is 0 Å². The summed E-state index contributed by atoms with van der Waals surface area (Å²) in [5, 5.41) is 3.42. The fourth-order valence-electron chi connectivity index (χ4n) is 4.04. The van der Waals surface area contributed by atoms with E-state index in [2.05, 4.69) is 28.7 Å². The van der Waals surface area contributed by atoms with Crippen LogP contribution in [0.2, 0.25) is 0 Å². The van der Waals surface area contributed by atoms with E-state index < -0.39 is 5.54 Å². The molecule has 1 saturated carbocycles. The molecule has 3 N–H and O–H groups in total. The van der Waals surface area contributed by atoms with E-state index in [1.54, 1.807) is 0 Å². The molecule has 0 aliphatic heterocycles. The lowest BCUT2D eigenvalue weighted by Crippen LogP contribution is -2.56. The summed E-state index contributed by atoms with van der Waals surface area (Å²) in [6.45, 7) is 4.13. The molecule has 2 unspecified atom stereocenters. The molecule has 1 fully saturated rings. The van der Waals surface area contributed by atoms with Crippen molar-refractivity contribution < 1.29 is 4.79 Å². The predicted molar refractivity (Wildman–Crippen MR) is 82.0 cm³/mol. The van der Waals surface area contributed by atoms with E-state index in [9.17, 15) is 4.79 Å². The van der Waals surface area contributed by atoms with Crippen LogP contribution in [0.25, 0.3) is 0 Å². The van der Waals surface area contributed by atoms with Crippen molar-refractivity contribution in [2.45, 2.75) is 76.4 Å². The second kappa shape index (κ2) is 5.44. The Bertz CT molecular complexity index is 536. The van der Waals surface area contributed by atoms with Crippen molar-refractivity contribution in [1.82, 2.24) is 14.9 Å². The number of hydrogen-bond acceptors (Lipinski definition) is 3. The molecule has 116 valence electrons. The van der Waals surface area contributed by atoms with Gasteiger partial charge in [-0.25, -0.2) is 4.98 Å². The molecular weight excluding hydrogens is 264 g/mol. The molecule has 1 amide bonds. The third-order valence-corrected chi connectivity index (χ3v) is 4.98. The maximum absolute atomic E-state index is 12.0. The number of nitrogens with two attached hydrogens (primary N) is 1. The molecule has 5 heteroatoms. The second-order valence-corrected chi connectivity index (χ2v) is 6.89. The average Bonchev–Trinajstić information content (AvgIpc) is 3.02. The predicted octanol–water partition coefficient (Wildman–Crippen LogP) is 1.71. The molecule has 0 saturated heterocycles. The Kier molecular flexibility index (Phi) is 3.78. The standard InChI is InChI=1S/C16H26N4O/c1-11(2)19-16(15(17)21)8-7-12(9-16)20-10-18-13-5-3-4-6-14(13)20/h10-12,19H,3-9H2,1-2H3,(H2,17,21). The number of imidazole rings is 1. The molecule has 2 aliphatic rings. The summed E-state index contributed by atoms with van der Waals surface area (Å²) < 4.78 is 2.32.